The molecule has 3 aromatic carbocycles. The Kier molecular flexibility index (Phi) is 7.25. The van der Waals surface area contributed by atoms with Crippen LogP contribution in [0, 0.1) is 6.92 Å². The Bertz CT molecular complexity index is 1450. The van der Waals surface area contributed by atoms with E-state index in [9.17, 15) is 18.3 Å². The van der Waals surface area contributed by atoms with Gasteiger partial charge in [-0.05, 0) is 73.2 Å². The molecule has 3 N–H and O–H groups in total. The van der Waals surface area contributed by atoms with Gasteiger partial charge in [0.25, 0.3) is 10.0 Å². The van der Waals surface area contributed by atoms with E-state index in [1.807, 2.05) is 24.3 Å². The molecular weight excluding hydrogens is 482 g/mol. The van der Waals surface area contributed by atoms with Gasteiger partial charge in [-0.2, -0.15) is 0 Å². The van der Waals surface area contributed by atoms with Gasteiger partial charge >= 0.3 is 0 Å². The highest BCUT2D eigenvalue weighted by atomic mass is 32.2. The van der Waals surface area contributed by atoms with Gasteiger partial charge in [-0.15, -0.1) is 0 Å². The van der Waals surface area contributed by atoms with Gasteiger partial charge in [0, 0.05) is 23.7 Å². The first-order valence-corrected chi connectivity index (χ1v) is 12.5. The Morgan fingerprint density at radius 3 is 2.42 bits per heavy atom. The number of nitrogens with one attached hydrogen (secondary N) is 2. The summed E-state index contributed by atoms with van der Waals surface area (Å²) in [6.07, 6.45) is 0.116. The summed E-state index contributed by atoms with van der Waals surface area (Å²) in [5.74, 6) is 1.18. The van der Waals surface area contributed by atoms with Crippen LogP contribution >= 0.6 is 0 Å². The highest BCUT2D eigenvalue weighted by Crippen LogP contribution is 2.28. The smallest absolute Gasteiger partial charge is 0.263 e. The van der Waals surface area contributed by atoms with Crippen molar-refractivity contribution in [2.75, 3.05) is 17.1 Å². The van der Waals surface area contributed by atoms with Crippen LogP contribution in [-0.4, -0.2) is 31.6 Å². The van der Waals surface area contributed by atoms with Gasteiger partial charge in [-0.25, -0.2) is 8.42 Å². The molecule has 0 amide bonds. The molecule has 0 aliphatic rings. The molecule has 0 radical (unpaired) electrons. The highest BCUT2D eigenvalue weighted by molar-refractivity contribution is 7.92. The molecule has 4 rings (SSSR count). The summed E-state index contributed by atoms with van der Waals surface area (Å²) in [6, 6.07) is 20.7. The average molecular weight is 508 g/mol. The fraction of sp³-hybridized carbons (Fsp3) is 0.154. The molecule has 0 aliphatic heterocycles. The van der Waals surface area contributed by atoms with Crippen molar-refractivity contribution >= 4 is 27.3 Å². The summed E-state index contributed by atoms with van der Waals surface area (Å²) in [4.78, 5) is 13.0. The average Bonchev–Trinajstić information content (AvgIpc) is 3.28. The number of hydrogen-bond donors (Lipinski definition) is 3. The molecule has 9 nitrogen and oxygen atoms in total. The number of aromatic nitrogens is 1. The first-order chi connectivity index (χ1) is 17.2. The summed E-state index contributed by atoms with van der Waals surface area (Å²) in [5, 5.41) is 16.5. The fourth-order valence-corrected chi connectivity index (χ4v) is 4.59. The number of benzene rings is 3. The van der Waals surface area contributed by atoms with E-state index in [1.54, 1.807) is 38.3 Å². The maximum absolute atomic E-state index is 13.0. The van der Waals surface area contributed by atoms with Crippen LogP contribution in [0.25, 0.3) is 0 Å². The van der Waals surface area contributed by atoms with E-state index in [4.69, 9.17) is 9.26 Å². The fourth-order valence-electron chi connectivity index (χ4n) is 3.60. The summed E-state index contributed by atoms with van der Waals surface area (Å²) in [7, 11) is -2.29. The lowest BCUT2D eigenvalue weighted by atomic mass is 9.97. The van der Waals surface area contributed by atoms with E-state index >= 15 is 0 Å². The number of carbonyl (C=O) groups excluding carboxylic acids is 1. The summed E-state index contributed by atoms with van der Waals surface area (Å²) in [5.41, 5.74) is 1.91. The molecule has 1 aromatic heterocycles. The third-order valence-corrected chi connectivity index (χ3v) is 6.82. The van der Waals surface area contributed by atoms with Crippen LogP contribution in [0.1, 0.15) is 34.1 Å². The zero-order valence-electron chi connectivity index (χ0n) is 19.6. The van der Waals surface area contributed by atoms with E-state index in [0.29, 0.717) is 22.8 Å². The number of phenols is 1. The first-order valence-electron chi connectivity index (χ1n) is 11.0. The maximum Gasteiger partial charge on any atom is 0.263 e. The summed E-state index contributed by atoms with van der Waals surface area (Å²) in [6.45, 7) is 1.66. The molecule has 36 heavy (non-hydrogen) atoms. The molecule has 0 aliphatic carbocycles. The Morgan fingerprint density at radius 2 is 1.78 bits per heavy atom. The van der Waals surface area contributed by atoms with Gasteiger partial charge < -0.3 is 19.7 Å². The third-order valence-electron chi connectivity index (χ3n) is 5.45. The van der Waals surface area contributed by atoms with Crippen molar-refractivity contribution in [1.82, 2.24) is 5.16 Å². The van der Waals surface area contributed by atoms with Gasteiger partial charge in [0.05, 0.1) is 18.0 Å². The van der Waals surface area contributed by atoms with E-state index < -0.39 is 16.1 Å². The number of carbonyl (C=O) groups is 1. The molecule has 186 valence electrons. The number of rotatable bonds is 10. The quantitative estimate of drug-likeness (QED) is 0.258. The molecule has 4 aromatic rings. The van der Waals surface area contributed by atoms with Crippen LogP contribution in [0.2, 0.25) is 0 Å². The van der Waals surface area contributed by atoms with Gasteiger partial charge in [-0.3, -0.25) is 9.52 Å². The van der Waals surface area contributed by atoms with Crippen molar-refractivity contribution in [1.29, 1.82) is 0 Å². The van der Waals surface area contributed by atoms with Gasteiger partial charge in [0.2, 0.25) is 0 Å². The van der Waals surface area contributed by atoms with Crippen molar-refractivity contribution in [3.8, 4) is 11.5 Å². The Hall–Kier alpha value is -4.31. The summed E-state index contributed by atoms with van der Waals surface area (Å²) < 4.78 is 38.0. The second-order valence-corrected chi connectivity index (χ2v) is 9.78. The lowest BCUT2D eigenvalue weighted by molar-refractivity contribution is 0.0976. The Labute approximate surface area is 208 Å². The van der Waals surface area contributed by atoms with Crippen molar-refractivity contribution in [2.24, 2.45) is 0 Å². The minimum atomic E-state index is -3.86. The predicted molar refractivity (Wildman–Crippen MR) is 135 cm³/mol. The topological polar surface area (TPSA) is 131 Å². The number of anilines is 2. The number of aryl methyl sites for hydroxylation is 1. The minimum Gasteiger partial charge on any atom is -0.508 e. The van der Waals surface area contributed by atoms with E-state index in [-0.39, 0.29) is 28.7 Å². The standard InChI is InChI=1S/C26H25N3O6S/c1-17-14-26(28-35-17)29-36(32,33)23-12-8-20(9-13-23)27-24(19-4-3-5-22(15-19)34-2)16-25(31)18-6-10-21(30)11-7-18/h3-15,24,27,30H,16H2,1-2H3,(H,28,29). The lowest BCUT2D eigenvalue weighted by Gasteiger charge is -2.21. The molecule has 0 spiro atoms. The lowest BCUT2D eigenvalue weighted by Crippen LogP contribution is -2.16. The number of hydrogen-bond acceptors (Lipinski definition) is 8. The Morgan fingerprint density at radius 1 is 1.06 bits per heavy atom. The highest BCUT2D eigenvalue weighted by Gasteiger charge is 2.20. The molecule has 10 heteroatoms. The van der Waals surface area contributed by atoms with Crippen LogP contribution in [-0.2, 0) is 10.0 Å². The number of Topliss-reactive ketones (excluding diaryl/α,β-unsaturated/α-hetero) is 1. The van der Waals surface area contributed by atoms with Crippen molar-refractivity contribution in [3.05, 3.63) is 95.7 Å². The monoisotopic (exact) mass is 507 g/mol. The zero-order valence-corrected chi connectivity index (χ0v) is 20.5. The van der Waals surface area contributed by atoms with Crippen molar-refractivity contribution in [2.45, 2.75) is 24.3 Å². The van der Waals surface area contributed by atoms with Crippen molar-refractivity contribution < 1.29 is 27.6 Å². The molecule has 1 atom stereocenters. The SMILES string of the molecule is COc1cccc(C(CC(=O)c2ccc(O)cc2)Nc2ccc(S(=O)(=O)Nc3cc(C)on3)cc2)c1. The molecular formula is C26H25N3O6S. The van der Waals surface area contributed by atoms with E-state index in [2.05, 4.69) is 15.2 Å². The van der Waals surface area contributed by atoms with E-state index in [1.165, 1.54) is 30.3 Å². The molecule has 0 fully saturated rings. The molecule has 0 saturated heterocycles. The second-order valence-electron chi connectivity index (χ2n) is 8.10. The molecule has 0 bridgehead atoms. The van der Waals surface area contributed by atoms with Gasteiger partial charge in [0.15, 0.2) is 11.6 Å². The van der Waals surface area contributed by atoms with Crippen LogP contribution in [0.15, 0.2) is 88.3 Å². The van der Waals surface area contributed by atoms with Gasteiger partial charge in [0.1, 0.15) is 17.3 Å². The number of sulfonamides is 1. The van der Waals surface area contributed by atoms with Crippen LogP contribution in [0.5, 0.6) is 11.5 Å². The Balaban J connectivity index is 1.56. The van der Waals surface area contributed by atoms with Crippen molar-refractivity contribution in [3.63, 3.8) is 0 Å². The normalized spacial score (nSPS) is 12.1. The minimum absolute atomic E-state index is 0.0480. The van der Waals surface area contributed by atoms with Crippen LogP contribution in [0.3, 0.4) is 0 Å². The first kappa shape index (κ1) is 24.8. The van der Waals surface area contributed by atoms with Crippen LogP contribution < -0.4 is 14.8 Å². The number of aromatic hydroxyl groups is 1. The maximum atomic E-state index is 13.0. The largest absolute Gasteiger partial charge is 0.508 e. The number of ether oxygens (including phenoxy) is 1. The number of phenolic OH excluding ortho intramolecular Hbond substituents is 1. The van der Waals surface area contributed by atoms with Gasteiger partial charge in [-0.1, -0.05) is 17.3 Å². The summed E-state index contributed by atoms with van der Waals surface area (Å²) >= 11 is 0. The second kappa shape index (κ2) is 10.5. The predicted octanol–water partition coefficient (Wildman–Crippen LogP) is 4.92. The third kappa shape index (κ3) is 6.02. The zero-order chi connectivity index (χ0) is 25.7. The number of methoxy groups -OCH3 is 1. The number of nitrogens with zero attached hydrogens (tertiary/aromatic N) is 1. The molecule has 1 unspecified atom stereocenters. The van der Waals surface area contributed by atoms with Crippen LogP contribution in [0.4, 0.5) is 11.5 Å². The number of ketones is 1. The molecule has 0 saturated carbocycles. The molecule has 1 heterocycles. The van der Waals surface area contributed by atoms with E-state index in [0.717, 1.165) is 5.56 Å².